The van der Waals surface area contributed by atoms with Crippen LogP contribution in [0.4, 0.5) is 10.5 Å². The Morgan fingerprint density at radius 1 is 1.37 bits per heavy atom. The number of nitrogens with zero attached hydrogens (tertiary/aromatic N) is 1. The summed E-state index contributed by atoms with van der Waals surface area (Å²) in [5.41, 5.74) is 0.184. The first kappa shape index (κ1) is 13.2. The van der Waals surface area contributed by atoms with Gasteiger partial charge in [-0.05, 0) is 37.5 Å². The van der Waals surface area contributed by atoms with Gasteiger partial charge in [-0.15, -0.1) is 0 Å². The van der Waals surface area contributed by atoms with Gasteiger partial charge in [0.25, 0.3) is 0 Å². The molecule has 0 radical (unpaired) electrons. The number of amides is 2. The fraction of sp³-hybridized carbons (Fsp3) is 0.385. The molecule has 0 bridgehead atoms. The highest BCUT2D eigenvalue weighted by Crippen LogP contribution is 2.27. The molecule has 0 unspecified atom stereocenters. The number of phenols is 1. The molecule has 0 aliphatic heterocycles. The summed E-state index contributed by atoms with van der Waals surface area (Å²) in [4.78, 5) is 24.2. The number of hydrogen-bond donors (Lipinski definition) is 3. The van der Waals surface area contributed by atoms with Crippen molar-refractivity contribution in [1.29, 1.82) is 0 Å². The van der Waals surface area contributed by atoms with Gasteiger partial charge in [0.05, 0.1) is 11.3 Å². The van der Waals surface area contributed by atoms with Crippen molar-refractivity contribution in [3.8, 4) is 5.75 Å². The van der Waals surface area contributed by atoms with Gasteiger partial charge in [-0.1, -0.05) is 0 Å². The van der Waals surface area contributed by atoms with Crippen molar-refractivity contribution in [2.45, 2.75) is 25.3 Å². The lowest BCUT2D eigenvalue weighted by molar-refractivity contribution is 0.0696. The van der Waals surface area contributed by atoms with Gasteiger partial charge in [0.2, 0.25) is 0 Å². The van der Waals surface area contributed by atoms with Crippen molar-refractivity contribution in [2.75, 3.05) is 12.4 Å². The maximum absolute atomic E-state index is 11.9. The second-order valence-electron chi connectivity index (χ2n) is 4.66. The molecule has 19 heavy (non-hydrogen) atoms. The van der Waals surface area contributed by atoms with Crippen LogP contribution in [0.25, 0.3) is 0 Å². The number of rotatable bonds is 3. The molecule has 1 aromatic carbocycles. The van der Waals surface area contributed by atoms with Crippen LogP contribution < -0.4 is 5.32 Å². The number of aromatic hydroxyl groups is 1. The fourth-order valence-corrected chi connectivity index (χ4v) is 1.91. The van der Waals surface area contributed by atoms with Crippen LogP contribution in [0.2, 0.25) is 0 Å². The van der Waals surface area contributed by atoms with Crippen LogP contribution >= 0.6 is 0 Å². The molecule has 0 saturated heterocycles. The van der Waals surface area contributed by atoms with E-state index in [1.165, 1.54) is 12.1 Å². The smallest absolute Gasteiger partial charge is 0.335 e. The number of carboxylic acids is 1. The van der Waals surface area contributed by atoms with E-state index in [1.807, 2.05) is 0 Å². The van der Waals surface area contributed by atoms with Crippen molar-refractivity contribution in [1.82, 2.24) is 4.90 Å². The predicted octanol–water partition coefficient (Wildman–Crippen LogP) is 2.11. The summed E-state index contributed by atoms with van der Waals surface area (Å²) in [6.45, 7) is 0. The average molecular weight is 264 g/mol. The molecule has 1 saturated carbocycles. The summed E-state index contributed by atoms with van der Waals surface area (Å²) in [6, 6.07) is 3.77. The quantitative estimate of drug-likeness (QED) is 0.729. The maximum atomic E-state index is 11.9. The summed E-state index contributed by atoms with van der Waals surface area (Å²) < 4.78 is 0. The van der Waals surface area contributed by atoms with Crippen LogP contribution in [0.5, 0.6) is 5.75 Å². The molecule has 0 heterocycles. The second kappa shape index (κ2) is 5.17. The van der Waals surface area contributed by atoms with Crippen LogP contribution in [0.3, 0.4) is 0 Å². The third-order valence-electron chi connectivity index (χ3n) is 3.43. The molecule has 2 amide bonds. The van der Waals surface area contributed by atoms with Crippen molar-refractivity contribution < 1.29 is 19.8 Å². The largest absolute Gasteiger partial charge is 0.506 e. The zero-order valence-electron chi connectivity index (χ0n) is 10.6. The van der Waals surface area contributed by atoms with Gasteiger partial charge in [0.15, 0.2) is 0 Å². The highest BCUT2D eigenvalue weighted by atomic mass is 16.4. The van der Waals surface area contributed by atoms with E-state index in [4.69, 9.17) is 5.11 Å². The van der Waals surface area contributed by atoms with E-state index < -0.39 is 5.97 Å². The maximum Gasteiger partial charge on any atom is 0.335 e. The number of carbonyl (C=O) groups excluding carboxylic acids is 1. The Kier molecular flexibility index (Phi) is 3.59. The summed E-state index contributed by atoms with van der Waals surface area (Å²) in [5.74, 6) is -1.38. The zero-order valence-corrected chi connectivity index (χ0v) is 10.6. The number of nitrogens with one attached hydrogen (secondary N) is 1. The van der Waals surface area contributed by atoms with Crippen LogP contribution in [-0.4, -0.2) is 40.2 Å². The molecule has 1 fully saturated rings. The molecule has 6 heteroatoms. The van der Waals surface area contributed by atoms with E-state index in [0.717, 1.165) is 25.3 Å². The first-order valence-corrected chi connectivity index (χ1v) is 6.09. The molecular formula is C13H16N2O4. The third-order valence-corrected chi connectivity index (χ3v) is 3.43. The Morgan fingerprint density at radius 3 is 2.53 bits per heavy atom. The average Bonchev–Trinajstić information content (AvgIpc) is 2.29. The number of anilines is 1. The van der Waals surface area contributed by atoms with Gasteiger partial charge in [0, 0.05) is 13.1 Å². The third kappa shape index (κ3) is 2.78. The molecular weight excluding hydrogens is 248 g/mol. The van der Waals surface area contributed by atoms with Gasteiger partial charge in [-0.3, -0.25) is 0 Å². The molecule has 1 aromatic rings. The van der Waals surface area contributed by atoms with Gasteiger partial charge in [-0.2, -0.15) is 0 Å². The molecule has 3 N–H and O–H groups in total. The fourth-order valence-electron chi connectivity index (χ4n) is 1.91. The number of hydrogen-bond acceptors (Lipinski definition) is 3. The van der Waals surface area contributed by atoms with E-state index in [-0.39, 0.29) is 29.1 Å². The van der Waals surface area contributed by atoms with Gasteiger partial charge in [0.1, 0.15) is 5.75 Å². The number of phenolic OH excluding ortho intramolecular Hbond substituents is 1. The van der Waals surface area contributed by atoms with Crippen molar-refractivity contribution >= 4 is 17.7 Å². The number of benzene rings is 1. The normalized spacial score (nSPS) is 14.6. The minimum absolute atomic E-state index is 0.0251. The summed E-state index contributed by atoms with van der Waals surface area (Å²) >= 11 is 0. The zero-order chi connectivity index (χ0) is 14.0. The first-order valence-electron chi connectivity index (χ1n) is 6.09. The molecule has 102 valence electrons. The number of aromatic carboxylic acids is 1. The van der Waals surface area contributed by atoms with E-state index >= 15 is 0 Å². The second-order valence-corrected chi connectivity index (χ2v) is 4.66. The van der Waals surface area contributed by atoms with Crippen molar-refractivity contribution in [2.24, 2.45) is 0 Å². The Bertz CT molecular complexity index is 511. The Labute approximate surface area is 110 Å². The summed E-state index contributed by atoms with van der Waals surface area (Å²) in [6.07, 6.45) is 3.11. The highest BCUT2D eigenvalue weighted by Gasteiger charge is 2.26. The van der Waals surface area contributed by atoms with E-state index in [1.54, 1.807) is 11.9 Å². The predicted molar refractivity (Wildman–Crippen MR) is 69.5 cm³/mol. The Morgan fingerprint density at radius 2 is 2.05 bits per heavy atom. The van der Waals surface area contributed by atoms with E-state index in [2.05, 4.69) is 5.32 Å². The molecule has 6 nitrogen and oxygen atoms in total. The van der Waals surface area contributed by atoms with Crippen LogP contribution in [0, 0.1) is 0 Å². The van der Waals surface area contributed by atoms with E-state index in [9.17, 15) is 14.7 Å². The number of carboxylic acid groups (broad SMARTS) is 1. The molecule has 2 rings (SSSR count). The highest BCUT2D eigenvalue weighted by molar-refractivity contribution is 5.93. The van der Waals surface area contributed by atoms with Gasteiger partial charge in [-0.25, -0.2) is 9.59 Å². The number of carbonyl (C=O) groups is 2. The standard InChI is InChI=1S/C13H16N2O4/c1-15(9-3-2-4-9)13(19)14-10-6-5-8(12(17)18)7-11(10)16/h5-7,9,16H,2-4H2,1H3,(H,14,19)(H,17,18). The van der Waals surface area contributed by atoms with Gasteiger partial charge < -0.3 is 20.4 Å². The summed E-state index contributed by atoms with van der Waals surface area (Å²) in [5, 5.41) is 21.0. The van der Waals surface area contributed by atoms with Gasteiger partial charge >= 0.3 is 12.0 Å². The minimum Gasteiger partial charge on any atom is -0.506 e. The lowest BCUT2D eigenvalue weighted by Gasteiger charge is -2.34. The molecule has 0 spiro atoms. The van der Waals surface area contributed by atoms with Crippen LogP contribution in [-0.2, 0) is 0 Å². The molecule has 0 atom stereocenters. The first-order chi connectivity index (χ1) is 8.99. The van der Waals surface area contributed by atoms with Crippen LogP contribution in [0.1, 0.15) is 29.6 Å². The lowest BCUT2D eigenvalue weighted by Crippen LogP contribution is -2.43. The summed E-state index contributed by atoms with van der Waals surface area (Å²) in [7, 11) is 1.71. The molecule has 1 aliphatic carbocycles. The van der Waals surface area contributed by atoms with Crippen molar-refractivity contribution in [3.63, 3.8) is 0 Å². The molecule has 1 aliphatic rings. The monoisotopic (exact) mass is 264 g/mol. The topological polar surface area (TPSA) is 89.9 Å². The Hall–Kier alpha value is -2.24. The Balaban J connectivity index is 2.06. The van der Waals surface area contributed by atoms with E-state index in [0.29, 0.717) is 0 Å². The lowest BCUT2D eigenvalue weighted by atomic mass is 9.92. The minimum atomic E-state index is -1.13. The van der Waals surface area contributed by atoms with Crippen molar-refractivity contribution in [3.05, 3.63) is 23.8 Å². The van der Waals surface area contributed by atoms with Crippen LogP contribution in [0.15, 0.2) is 18.2 Å². The molecule has 0 aromatic heterocycles. The SMILES string of the molecule is CN(C(=O)Nc1ccc(C(=O)O)cc1O)C1CCC1. The number of urea groups is 1.